The average molecular weight is 329 g/mol. The van der Waals surface area contributed by atoms with Crippen LogP contribution < -0.4 is 15.0 Å². The first-order valence-electron chi connectivity index (χ1n) is 7.97. The Morgan fingerprint density at radius 3 is 3.00 bits per heavy atom. The van der Waals surface area contributed by atoms with Crippen LogP contribution in [-0.4, -0.2) is 31.1 Å². The minimum Gasteiger partial charge on any atom is -0.495 e. The molecule has 24 heavy (non-hydrogen) atoms. The number of amides is 1. The molecular weight excluding hydrogens is 309 g/mol. The number of hydrogen-bond acceptors (Lipinski definition) is 4. The molecule has 0 aliphatic carbocycles. The van der Waals surface area contributed by atoms with Crippen LogP contribution in [0, 0.1) is 11.7 Å². The normalized spacial score (nSPS) is 17.4. The van der Waals surface area contributed by atoms with Crippen molar-refractivity contribution in [3.8, 4) is 5.75 Å². The van der Waals surface area contributed by atoms with Gasteiger partial charge in [-0.3, -0.25) is 9.78 Å². The van der Waals surface area contributed by atoms with Crippen molar-refractivity contribution < 1.29 is 13.9 Å². The third-order valence-electron chi connectivity index (χ3n) is 4.25. The van der Waals surface area contributed by atoms with Crippen molar-refractivity contribution in [2.24, 2.45) is 5.92 Å². The number of methoxy groups -OCH3 is 1. The fraction of sp³-hybridized carbons (Fsp3) is 0.333. The van der Waals surface area contributed by atoms with E-state index in [1.165, 1.54) is 6.20 Å². The lowest BCUT2D eigenvalue weighted by Crippen LogP contribution is -2.41. The number of hydrogen-bond donors (Lipinski definition) is 1. The van der Waals surface area contributed by atoms with Crippen LogP contribution in [0.3, 0.4) is 0 Å². The summed E-state index contributed by atoms with van der Waals surface area (Å²) in [4.78, 5) is 18.3. The summed E-state index contributed by atoms with van der Waals surface area (Å²) in [6.07, 6.45) is 4.39. The summed E-state index contributed by atoms with van der Waals surface area (Å²) < 4.78 is 19.2. The highest BCUT2D eigenvalue weighted by Gasteiger charge is 2.27. The molecule has 0 bridgehead atoms. The number of nitrogens with zero attached hydrogens (tertiary/aromatic N) is 2. The van der Waals surface area contributed by atoms with Gasteiger partial charge in [-0.2, -0.15) is 0 Å². The molecular formula is C18H20FN3O2. The van der Waals surface area contributed by atoms with Gasteiger partial charge in [0.05, 0.1) is 30.6 Å². The van der Waals surface area contributed by atoms with Gasteiger partial charge in [0.1, 0.15) is 5.75 Å². The maximum atomic E-state index is 13.9. The van der Waals surface area contributed by atoms with Crippen LogP contribution in [0.2, 0.25) is 0 Å². The number of para-hydroxylation sites is 2. The molecule has 1 aliphatic rings. The number of rotatable bonds is 4. The van der Waals surface area contributed by atoms with Crippen LogP contribution in [-0.2, 0) is 4.79 Å². The monoisotopic (exact) mass is 329 g/mol. The van der Waals surface area contributed by atoms with Gasteiger partial charge in [0, 0.05) is 19.3 Å². The number of piperidine rings is 1. The summed E-state index contributed by atoms with van der Waals surface area (Å²) in [6.45, 7) is 1.22. The highest BCUT2D eigenvalue weighted by molar-refractivity contribution is 5.94. The van der Waals surface area contributed by atoms with E-state index in [1.807, 2.05) is 17.0 Å². The van der Waals surface area contributed by atoms with E-state index >= 15 is 0 Å². The summed E-state index contributed by atoms with van der Waals surface area (Å²) in [5, 5.41) is 2.92. The van der Waals surface area contributed by atoms with Gasteiger partial charge in [0.25, 0.3) is 0 Å². The Balaban J connectivity index is 1.70. The topological polar surface area (TPSA) is 54.5 Å². The fourth-order valence-corrected chi connectivity index (χ4v) is 3.02. The molecule has 1 N–H and O–H groups in total. The number of nitrogens with one attached hydrogen (secondary N) is 1. The molecule has 1 aromatic carbocycles. The largest absolute Gasteiger partial charge is 0.495 e. The summed E-state index contributed by atoms with van der Waals surface area (Å²) in [6, 6.07) is 8.95. The maximum Gasteiger partial charge on any atom is 0.229 e. The number of anilines is 2. The SMILES string of the molecule is COc1ccccc1NC(=O)C1CCCN(c2ccncc2F)C1. The molecule has 0 radical (unpaired) electrons. The molecule has 1 atom stereocenters. The zero-order valence-corrected chi connectivity index (χ0v) is 13.5. The van der Waals surface area contributed by atoms with Crippen molar-refractivity contribution in [3.63, 3.8) is 0 Å². The Kier molecular flexibility index (Phi) is 4.93. The molecule has 1 amide bonds. The third-order valence-corrected chi connectivity index (χ3v) is 4.25. The van der Waals surface area contributed by atoms with E-state index in [9.17, 15) is 9.18 Å². The molecule has 2 aromatic rings. The Bertz CT molecular complexity index is 723. The first-order chi connectivity index (χ1) is 11.7. The van der Waals surface area contributed by atoms with E-state index in [2.05, 4.69) is 10.3 Å². The van der Waals surface area contributed by atoms with Gasteiger partial charge in [-0.15, -0.1) is 0 Å². The molecule has 126 valence electrons. The van der Waals surface area contributed by atoms with Crippen molar-refractivity contribution in [1.29, 1.82) is 0 Å². The van der Waals surface area contributed by atoms with E-state index in [0.717, 1.165) is 19.4 Å². The molecule has 6 heteroatoms. The van der Waals surface area contributed by atoms with Gasteiger partial charge in [0.15, 0.2) is 5.82 Å². The number of carbonyl (C=O) groups excluding carboxylic acids is 1. The third kappa shape index (κ3) is 3.48. The maximum absolute atomic E-state index is 13.9. The molecule has 0 spiro atoms. The predicted octanol–water partition coefficient (Wildman–Crippen LogP) is 3.08. The lowest BCUT2D eigenvalue weighted by molar-refractivity contribution is -0.120. The first-order valence-corrected chi connectivity index (χ1v) is 7.97. The predicted molar refractivity (Wildman–Crippen MR) is 90.8 cm³/mol. The molecule has 1 aliphatic heterocycles. The van der Waals surface area contributed by atoms with Crippen molar-refractivity contribution in [3.05, 3.63) is 48.5 Å². The summed E-state index contributed by atoms with van der Waals surface area (Å²) >= 11 is 0. The van der Waals surface area contributed by atoms with Gasteiger partial charge in [-0.05, 0) is 31.0 Å². The van der Waals surface area contributed by atoms with Crippen LogP contribution >= 0.6 is 0 Å². The van der Waals surface area contributed by atoms with Gasteiger partial charge in [-0.25, -0.2) is 4.39 Å². The molecule has 2 heterocycles. The van der Waals surface area contributed by atoms with E-state index in [0.29, 0.717) is 23.7 Å². The van der Waals surface area contributed by atoms with E-state index < -0.39 is 0 Å². The molecule has 1 saturated heterocycles. The molecule has 5 nitrogen and oxygen atoms in total. The van der Waals surface area contributed by atoms with Crippen LogP contribution in [0.1, 0.15) is 12.8 Å². The Hall–Kier alpha value is -2.63. The van der Waals surface area contributed by atoms with Crippen LogP contribution in [0.25, 0.3) is 0 Å². The zero-order chi connectivity index (χ0) is 16.9. The highest BCUT2D eigenvalue weighted by Crippen LogP contribution is 2.28. The quantitative estimate of drug-likeness (QED) is 0.936. The van der Waals surface area contributed by atoms with Gasteiger partial charge in [0.2, 0.25) is 5.91 Å². The lowest BCUT2D eigenvalue weighted by atomic mass is 9.96. The minimum atomic E-state index is -0.358. The van der Waals surface area contributed by atoms with E-state index in [4.69, 9.17) is 4.74 Å². The van der Waals surface area contributed by atoms with Crippen LogP contribution in [0.4, 0.5) is 15.8 Å². The highest BCUT2D eigenvalue weighted by atomic mass is 19.1. The fourth-order valence-electron chi connectivity index (χ4n) is 3.02. The molecule has 1 fully saturated rings. The summed E-state index contributed by atoms with van der Waals surface area (Å²) in [5.41, 5.74) is 1.15. The van der Waals surface area contributed by atoms with Crippen molar-refractivity contribution >= 4 is 17.3 Å². The second-order valence-electron chi connectivity index (χ2n) is 5.80. The Morgan fingerprint density at radius 2 is 2.21 bits per heavy atom. The molecule has 1 unspecified atom stereocenters. The average Bonchev–Trinajstić information content (AvgIpc) is 2.62. The second kappa shape index (κ2) is 7.29. The molecule has 0 saturated carbocycles. The summed E-state index contributed by atoms with van der Waals surface area (Å²) in [5.74, 6) is -0.00290. The second-order valence-corrected chi connectivity index (χ2v) is 5.80. The Labute approximate surface area is 140 Å². The molecule has 1 aromatic heterocycles. The minimum absolute atomic E-state index is 0.0707. The van der Waals surface area contributed by atoms with E-state index in [1.54, 1.807) is 31.5 Å². The van der Waals surface area contributed by atoms with Crippen LogP contribution in [0.15, 0.2) is 42.7 Å². The van der Waals surface area contributed by atoms with Crippen molar-refractivity contribution in [1.82, 2.24) is 4.98 Å². The smallest absolute Gasteiger partial charge is 0.229 e. The van der Waals surface area contributed by atoms with Crippen molar-refractivity contribution in [2.75, 3.05) is 30.4 Å². The van der Waals surface area contributed by atoms with Gasteiger partial charge < -0.3 is 15.0 Å². The standard InChI is InChI=1S/C18H20FN3O2/c1-24-17-7-3-2-6-15(17)21-18(23)13-5-4-10-22(12-13)16-8-9-20-11-14(16)19/h2-3,6-9,11,13H,4-5,10,12H2,1H3,(H,21,23). The zero-order valence-electron chi connectivity index (χ0n) is 13.5. The number of benzene rings is 1. The van der Waals surface area contributed by atoms with Crippen LogP contribution in [0.5, 0.6) is 5.75 Å². The number of halogens is 1. The number of carbonyl (C=O) groups is 1. The number of pyridine rings is 1. The van der Waals surface area contributed by atoms with Gasteiger partial charge >= 0.3 is 0 Å². The number of aromatic nitrogens is 1. The summed E-state index contributed by atoms with van der Waals surface area (Å²) in [7, 11) is 1.57. The molecule has 3 rings (SSSR count). The van der Waals surface area contributed by atoms with Gasteiger partial charge in [-0.1, -0.05) is 12.1 Å². The van der Waals surface area contributed by atoms with E-state index in [-0.39, 0.29) is 17.6 Å². The lowest BCUT2D eigenvalue weighted by Gasteiger charge is -2.33. The Morgan fingerprint density at radius 1 is 1.38 bits per heavy atom. The number of ether oxygens (including phenoxy) is 1. The first kappa shape index (κ1) is 16.2. The van der Waals surface area contributed by atoms with Crippen molar-refractivity contribution in [2.45, 2.75) is 12.8 Å².